The highest BCUT2D eigenvalue weighted by molar-refractivity contribution is 7.71. The SMILES string of the molecule is S=c1[nH]c2cnc3ccccc3c2n1Cc1nccs1. The molecule has 0 saturated carbocycles. The highest BCUT2D eigenvalue weighted by Gasteiger charge is 2.10. The van der Waals surface area contributed by atoms with Crippen LogP contribution in [0.15, 0.2) is 42.0 Å². The quantitative estimate of drug-likeness (QED) is 0.573. The molecule has 0 amide bonds. The molecule has 0 radical (unpaired) electrons. The van der Waals surface area contributed by atoms with Gasteiger partial charge in [-0.3, -0.25) is 4.98 Å². The molecule has 6 heteroatoms. The maximum atomic E-state index is 5.45. The van der Waals surface area contributed by atoms with Gasteiger partial charge in [-0.15, -0.1) is 11.3 Å². The zero-order chi connectivity index (χ0) is 13.5. The van der Waals surface area contributed by atoms with Crippen molar-refractivity contribution in [1.82, 2.24) is 19.5 Å². The summed E-state index contributed by atoms with van der Waals surface area (Å²) in [4.78, 5) is 12.0. The van der Waals surface area contributed by atoms with Gasteiger partial charge in [0.25, 0.3) is 0 Å². The minimum absolute atomic E-state index is 0.685. The number of fused-ring (bicyclic) bond motifs is 3. The Kier molecular flexibility index (Phi) is 2.64. The van der Waals surface area contributed by atoms with Crippen molar-refractivity contribution < 1.29 is 0 Å². The van der Waals surface area contributed by atoms with Crippen molar-refractivity contribution in [1.29, 1.82) is 0 Å². The van der Waals surface area contributed by atoms with E-state index in [1.54, 1.807) is 11.3 Å². The maximum Gasteiger partial charge on any atom is 0.178 e. The highest BCUT2D eigenvalue weighted by Crippen LogP contribution is 2.24. The number of imidazole rings is 1. The van der Waals surface area contributed by atoms with E-state index < -0.39 is 0 Å². The van der Waals surface area contributed by atoms with Gasteiger partial charge in [0.05, 0.1) is 29.3 Å². The Bertz CT molecular complexity index is 950. The number of rotatable bonds is 2. The lowest BCUT2D eigenvalue weighted by Crippen LogP contribution is -1.99. The molecule has 0 aliphatic rings. The predicted octanol–water partition coefficient (Wildman–Crippen LogP) is 3.75. The van der Waals surface area contributed by atoms with Crippen LogP contribution < -0.4 is 0 Å². The van der Waals surface area contributed by atoms with Crippen LogP contribution in [0.3, 0.4) is 0 Å². The number of hydrogen-bond acceptors (Lipinski definition) is 4. The van der Waals surface area contributed by atoms with Gasteiger partial charge in [-0.05, 0) is 18.3 Å². The first-order chi connectivity index (χ1) is 9.83. The highest BCUT2D eigenvalue weighted by atomic mass is 32.1. The molecular weight excluding hydrogens is 288 g/mol. The van der Waals surface area contributed by atoms with Crippen molar-refractivity contribution >= 4 is 45.5 Å². The third kappa shape index (κ3) is 1.76. The Morgan fingerprint density at radius 3 is 3.00 bits per heavy atom. The standard InChI is InChI=1S/C14H10N4S2/c19-14-17-11-7-16-10-4-2-1-3-9(10)13(11)18(14)8-12-15-5-6-20-12/h1-7H,8H2,(H,17,19). The summed E-state index contributed by atoms with van der Waals surface area (Å²) in [5.41, 5.74) is 3.03. The molecular formula is C14H10N4S2. The monoisotopic (exact) mass is 298 g/mol. The number of nitrogens with zero attached hydrogens (tertiary/aromatic N) is 3. The molecule has 3 heterocycles. The topological polar surface area (TPSA) is 46.5 Å². The summed E-state index contributed by atoms with van der Waals surface area (Å²) in [5.74, 6) is 0. The minimum atomic E-state index is 0.685. The van der Waals surface area contributed by atoms with Crippen LogP contribution in [0, 0.1) is 4.77 Å². The zero-order valence-electron chi connectivity index (χ0n) is 10.4. The zero-order valence-corrected chi connectivity index (χ0v) is 12.0. The lowest BCUT2D eigenvalue weighted by atomic mass is 10.2. The first-order valence-electron chi connectivity index (χ1n) is 6.17. The second-order valence-corrected chi connectivity index (χ2v) is 5.85. The van der Waals surface area contributed by atoms with Crippen LogP contribution in [0.2, 0.25) is 0 Å². The van der Waals surface area contributed by atoms with Gasteiger partial charge in [-0.1, -0.05) is 18.2 Å². The second kappa shape index (κ2) is 4.50. The number of aromatic amines is 1. The number of aromatic nitrogens is 4. The van der Waals surface area contributed by atoms with Crippen LogP contribution in [-0.2, 0) is 6.54 Å². The summed E-state index contributed by atoms with van der Waals surface area (Å²) < 4.78 is 2.79. The molecule has 1 N–H and O–H groups in total. The molecule has 0 aliphatic heterocycles. The van der Waals surface area contributed by atoms with Gasteiger partial charge in [0.2, 0.25) is 0 Å². The third-order valence-corrected chi connectivity index (χ3v) is 4.37. The molecule has 0 fully saturated rings. The Morgan fingerprint density at radius 2 is 2.15 bits per heavy atom. The Morgan fingerprint density at radius 1 is 1.25 bits per heavy atom. The van der Waals surface area contributed by atoms with Crippen LogP contribution in [0.25, 0.3) is 21.9 Å². The lowest BCUT2D eigenvalue weighted by molar-refractivity contribution is 0.805. The van der Waals surface area contributed by atoms with Crippen molar-refractivity contribution in [2.75, 3.05) is 0 Å². The summed E-state index contributed by atoms with van der Waals surface area (Å²) >= 11 is 7.08. The van der Waals surface area contributed by atoms with E-state index in [4.69, 9.17) is 12.2 Å². The van der Waals surface area contributed by atoms with Crippen molar-refractivity contribution in [2.24, 2.45) is 0 Å². The van der Waals surface area contributed by atoms with Crippen molar-refractivity contribution in [3.8, 4) is 0 Å². The van der Waals surface area contributed by atoms with Gasteiger partial charge in [0.15, 0.2) is 4.77 Å². The minimum Gasteiger partial charge on any atom is -0.329 e. The van der Waals surface area contributed by atoms with E-state index in [0.29, 0.717) is 11.3 Å². The van der Waals surface area contributed by atoms with E-state index >= 15 is 0 Å². The van der Waals surface area contributed by atoms with Gasteiger partial charge in [0.1, 0.15) is 5.01 Å². The number of para-hydroxylation sites is 1. The van der Waals surface area contributed by atoms with Crippen LogP contribution >= 0.6 is 23.6 Å². The number of thiazole rings is 1. The predicted molar refractivity (Wildman–Crippen MR) is 83.6 cm³/mol. The van der Waals surface area contributed by atoms with Crippen LogP contribution in [0.1, 0.15) is 5.01 Å². The fourth-order valence-electron chi connectivity index (χ4n) is 2.41. The number of benzene rings is 1. The van der Waals surface area contributed by atoms with E-state index in [1.807, 2.05) is 36.0 Å². The van der Waals surface area contributed by atoms with E-state index in [9.17, 15) is 0 Å². The molecule has 0 aliphatic carbocycles. The number of H-pyrrole nitrogens is 1. The molecule has 3 aromatic heterocycles. The molecule has 4 rings (SSSR count). The number of hydrogen-bond donors (Lipinski definition) is 1. The smallest absolute Gasteiger partial charge is 0.178 e. The lowest BCUT2D eigenvalue weighted by Gasteiger charge is -2.04. The molecule has 0 unspecified atom stereocenters. The van der Waals surface area contributed by atoms with Crippen molar-refractivity contribution in [2.45, 2.75) is 6.54 Å². The van der Waals surface area contributed by atoms with E-state index in [1.165, 1.54) is 0 Å². The Hall–Kier alpha value is -2.05. The molecule has 0 atom stereocenters. The molecule has 98 valence electrons. The fraction of sp³-hybridized carbons (Fsp3) is 0.0714. The maximum absolute atomic E-state index is 5.45. The van der Waals surface area contributed by atoms with Crippen LogP contribution in [0.4, 0.5) is 0 Å². The number of pyridine rings is 1. The van der Waals surface area contributed by atoms with E-state index in [-0.39, 0.29) is 0 Å². The van der Waals surface area contributed by atoms with Crippen molar-refractivity contribution in [3.05, 3.63) is 51.8 Å². The first kappa shape index (κ1) is 11.7. The Balaban J connectivity index is 2.06. The van der Waals surface area contributed by atoms with Gasteiger partial charge < -0.3 is 9.55 Å². The summed E-state index contributed by atoms with van der Waals surface area (Å²) in [6, 6.07) is 8.10. The molecule has 0 saturated heterocycles. The normalized spacial score (nSPS) is 11.4. The van der Waals surface area contributed by atoms with Gasteiger partial charge in [-0.25, -0.2) is 4.98 Å². The Labute approximate surface area is 123 Å². The van der Waals surface area contributed by atoms with Crippen LogP contribution in [-0.4, -0.2) is 19.5 Å². The average Bonchev–Trinajstić information content (AvgIpc) is 3.08. The van der Waals surface area contributed by atoms with Crippen LogP contribution in [0.5, 0.6) is 0 Å². The summed E-state index contributed by atoms with van der Waals surface area (Å²) in [5, 5.41) is 4.13. The molecule has 0 spiro atoms. The molecule has 20 heavy (non-hydrogen) atoms. The number of nitrogens with one attached hydrogen (secondary N) is 1. The average molecular weight is 298 g/mol. The summed E-state index contributed by atoms with van der Waals surface area (Å²) in [6.07, 6.45) is 3.66. The largest absolute Gasteiger partial charge is 0.329 e. The van der Waals surface area contributed by atoms with Gasteiger partial charge >= 0.3 is 0 Å². The molecule has 0 bridgehead atoms. The molecule has 4 aromatic rings. The third-order valence-electron chi connectivity index (χ3n) is 3.28. The van der Waals surface area contributed by atoms with E-state index in [2.05, 4.69) is 25.6 Å². The van der Waals surface area contributed by atoms with Crippen molar-refractivity contribution in [3.63, 3.8) is 0 Å². The molecule has 1 aromatic carbocycles. The second-order valence-electron chi connectivity index (χ2n) is 4.48. The van der Waals surface area contributed by atoms with Gasteiger partial charge in [0, 0.05) is 17.0 Å². The summed E-state index contributed by atoms with van der Waals surface area (Å²) in [6.45, 7) is 0.685. The van der Waals surface area contributed by atoms with E-state index in [0.717, 1.165) is 26.9 Å². The fourth-order valence-corrected chi connectivity index (χ4v) is 3.28. The summed E-state index contributed by atoms with van der Waals surface area (Å²) in [7, 11) is 0. The van der Waals surface area contributed by atoms with Gasteiger partial charge in [-0.2, -0.15) is 0 Å². The first-order valence-corrected chi connectivity index (χ1v) is 7.46. The molecule has 4 nitrogen and oxygen atoms in total.